The molecule has 16 heavy (non-hydrogen) atoms. The van der Waals surface area contributed by atoms with Crippen molar-refractivity contribution in [3.05, 3.63) is 47.7 Å². The molecule has 0 aliphatic carbocycles. The van der Waals surface area contributed by atoms with Crippen molar-refractivity contribution < 1.29 is 5.11 Å². The van der Waals surface area contributed by atoms with Crippen LogP contribution in [0, 0.1) is 18.3 Å². The van der Waals surface area contributed by atoms with Crippen molar-refractivity contribution in [1.29, 1.82) is 5.26 Å². The molecule has 0 unspecified atom stereocenters. The minimum atomic E-state index is 0.0531. The molecule has 78 valence electrons. The number of nitriles is 1. The van der Waals surface area contributed by atoms with E-state index in [1.807, 2.05) is 18.2 Å². The van der Waals surface area contributed by atoms with Gasteiger partial charge in [-0.1, -0.05) is 12.1 Å². The maximum Gasteiger partial charge on any atom is 0.213 e. The summed E-state index contributed by atoms with van der Waals surface area (Å²) in [4.78, 5) is 3.89. The SMILES string of the molecule is Cc1cc(-c2ccc(C#N)cc2)cnc1O. The van der Waals surface area contributed by atoms with E-state index < -0.39 is 0 Å². The molecule has 0 spiro atoms. The fourth-order valence-corrected chi connectivity index (χ4v) is 1.46. The van der Waals surface area contributed by atoms with Crippen LogP contribution in [0.25, 0.3) is 11.1 Å². The van der Waals surface area contributed by atoms with Gasteiger partial charge in [-0.05, 0) is 30.7 Å². The third kappa shape index (κ3) is 1.86. The van der Waals surface area contributed by atoms with Crippen LogP contribution in [-0.2, 0) is 0 Å². The third-order valence-electron chi connectivity index (χ3n) is 2.40. The van der Waals surface area contributed by atoms with Gasteiger partial charge in [0.05, 0.1) is 11.6 Å². The van der Waals surface area contributed by atoms with E-state index in [4.69, 9.17) is 5.26 Å². The Morgan fingerprint density at radius 2 is 1.88 bits per heavy atom. The summed E-state index contributed by atoms with van der Waals surface area (Å²) in [5.74, 6) is 0.0531. The Labute approximate surface area is 93.6 Å². The van der Waals surface area contributed by atoms with Crippen LogP contribution in [0.15, 0.2) is 36.5 Å². The van der Waals surface area contributed by atoms with Crippen LogP contribution in [-0.4, -0.2) is 10.1 Å². The maximum absolute atomic E-state index is 9.32. The smallest absolute Gasteiger partial charge is 0.213 e. The molecular formula is C13H10N2O. The van der Waals surface area contributed by atoms with Crippen molar-refractivity contribution in [2.24, 2.45) is 0 Å². The average Bonchev–Trinajstić information content (AvgIpc) is 2.33. The number of hydrogen-bond acceptors (Lipinski definition) is 3. The molecule has 0 saturated carbocycles. The highest BCUT2D eigenvalue weighted by atomic mass is 16.3. The second-order valence-corrected chi connectivity index (χ2v) is 3.55. The minimum Gasteiger partial charge on any atom is -0.493 e. The number of aromatic hydroxyl groups is 1. The molecule has 2 aromatic rings. The summed E-state index contributed by atoms with van der Waals surface area (Å²) in [7, 11) is 0. The van der Waals surface area contributed by atoms with Gasteiger partial charge in [0.15, 0.2) is 0 Å². The van der Waals surface area contributed by atoms with Crippen molar-refractivity contribution in [2.45, 2.75) is 6.92 Å². The third-order valence-corrected chi connectivity index (χ3v) is 2.40. The Bertz CT molecular complexity index is 553. The second kappa shape index (κ2) is 4.03. The molecule has 0 bridgehead atoms. The predicted octanol–water partition coefficient (Wildman–Crippen LogP) is 2.63. The molecule has 1 heterocycles. The predicted molar refractivity (Wildman–Crippen MR) is 60.8 cm³/mol. The largest absolute Gasteiger partial charge is 0.493 e. The first-order chi connectivity index (χ1) is 7.70. The van der Waals surface area contributed by atoms with Crippen molar-refractivity contribution in [3.8, 4) is 23.1 Å². The summed E-state index contributed by atoms with van der Waals surface area (Å²) in [6, 6.07) is 11.2. The Kier molecular flexibility index (Phi) is 2.57. The van der Waals surface area contributed by atoms with E-state index in [9.17, 15) is 5.11 Å². The zero-order chi connectivity index (χ0) is 11.5. The van der Waals surface area contributed by atoms with E-state index in [1.54, 1.807) is 25.3 Å². The van der Waals surface area contributed by atoms with Gasteiger partial charge in [0, 0.05) is 17.3 Å². The number of aromatic nitrogens is 1. The summed E-state index contributed by atoms with van der Waals surface area (Å²) in [6.07, 6.45) is 1.61. The normalized spacial score (nSPS) is 9.75. The molecule has 3 heteroatoms. The Hall–Kier alpha value is -2.34. The molecule has 1 aromatic heterocycles. The molecule has 2 rings (SSSR count). The van der Waals surface area contributed by atoms with Gasteiger partial charge in [0.25, 0.3) is 0 Å². The summed E-state index contributed by atoms with van der Waals surface area (Å²) in [5, 5.41) is 18.0. The number of rotatable bonds is 1. The molecule has 1 N–H and O–H groups in total. The van der Waals surface area contributed by atoms with Crippen molar-refractivity contribution in [2.75, 3.05) is 0 Å². The summed E-state index contributed by atoms with van der Waals surface area (Å²) >= 11 is 0. The van der Waals surface area contributed by atoms with Gasteiger partial charge in [-0.15, -0.1) is 0 Å². The van der Waals surface area contributed by atoms with Gasteiger partial charge in [0.1, 0.15) is 0 Å². The van der Waals surface area contributed by atoms with Crippen LogP contribution >= 0.6 is 0 Å². The zero-order valence-corrected chi connectivity index (χ0v) is 8.81. The fourth-order valence-electron chi connectivity index (χ4n) is 1.46. The highest BCUT2D eigenvalue weighted by Crippen LogP contribution is 2.23. The lowest BCUT2D eigenvalue weighted by atomic mass is 10.0. The molecule has 0 amide bonds. The molecule has 0 fully saturated rings. The summed E-state index contributed by atoms with van der Waals surface area (Å²) < 4.78 is 0. The molecule has 0 atom stereocenters. The first kappa shape index (κ1) is 10.2. The molecule has 3 nitrogen and oxygen atoms in total. The average molecular weight is 210 g/mol. The molecule has 0 aliphatic rings. The Morgan fingerprint density at radius 3 is 2.44 bits per heavy atom. The van der Waals surface area contributed by atoms with Gasteiger partial charge in [-0.25, -0.2) is 4.98 Å². The fraction of sp³-hybridized carbons (Fsp3) is 0.0769. The molecular weight excluding hydrogens is 200 g/mol. The molecule has 0 aliphatic heterocycles. The number of benzene rings is 1. The first-order valence-electron chi connectivity index (χ1n) is 4.87. The highest BCUT2D eigenvalue weighted by Gasteiger charge is 2.02. The van der Waals surface area contributed by atoms with Crippen LogP contribution in [0.5, 0.6) is 5.88 Å². The summed E-state index contributed by atoms with van der Waals surface area (Å²) in [6.45, 7) is 1.80. The molecule has 0 radical (unpaired) electrons. The van der Waals surface area contributed by atoms with Gasteiger partial charge < -0.3 is 5.11 Å². The van der Waals surface area contributed by atoms with E-state index in [2.05, 4.69) is 11.1 Å². The monoisotopic (exact) mass is 210 g/mol. The van der Waals surface area contributed by atoms with Crippen LogP contribution < -0.4 is 0 Å². The van der Waals surface area contributed by atoms with Crippen LogP contribution in [0.4, 0.5) is 0 Å². The number of hydrogen-bond donors (Lipinski definition) is 1. The minimum absolute atomic E-state index is 0.0531. The second-order valence-electron chi connectivity index (χ2n) is 3.55. The lowest BCUT2D eigenvalue weighted by Gasteiger charge is -2.03. The van der Waals surface area contributed by atoms with Crippen molar-refractivity contribution in [3.63, 3.8) is 0 Å². The lowest BCUT2D eigenvalue weighted by molar-refractivity contribution is 0.449. The van der Waals surface area contributed by atoms with E-state index in [0.29, 0.717) is 5.56 Å². The molecule has 0 saturated heterocycles. The highest BCUT2D eigenvalue weighted by molar-refractivity contribution is 5.64. The Morgan fingerprint density at radius 1 is 1.19 bits per heavy atom. The summed E-state index contributed by atoms with van der Waals surface area (Å²) in [5.41, 5.74) is 3.28. The number of nitrogens with zero attached hydrogens (tertiary/aromatic N) is 2. The Balaban J connectivity index is 2.43. The van der Waals surface area contributed by atoms with Crippen LogP contribution in [0.2, 0.25) is 0 Å². The van der Waals surface area contributed by atoms with Gasteiger partial charge in [-0.3, -0.25) is 0 Å². The van der Waals surface area contributed by atoms with E-state index in [-0.39, 0.29) is 5.88 Å². The van der Waals surface area contributed by atoms with Crippen molar-refractivity contribution >= 4 is 0 Å². The number of aryl methyl sites for hydroxylation is 1. The number of pyridine rings is 1. The van der Waals surface area contributed by atoms with E-state index in [1.165, 1.54) is 0 Å². The lowest BCUT2D eigenvalue weighted by Crippen LogP contribution is -1.84. The maximum atomic E-state index is 9.32. The van der Waals surface area contributed by atoms with Gasteiger partial charge >= 0.3 is 0 Å². The zero-order valence-electron chi connectivity index (χ0n) is 8.81. The van der Waals surface area contributed by atoms with E-state index in [0.717, 1.165) is 16.7 Å². The van der Waals surface area contributed by atoms with Crippen molar-refractivity contribution in [1.82, 2.24) is 4.98 Å². The van der Waals surface area contributed by atoms with Crippen LogP contribution in [0.3, 0.4) is 0 Å². The van der Waals surface area contributed by atoms with Gasteiger partial charge in [-0.2, -0.15) is 5.26 Å². The van der Waals surface area contributed by atoms with Gasteiger partial charge in [0.2, 0.25) is 5.88 Å². The standard InChI is InChI=1S/C13H10N2O/c1-9-6-12(8-15-13(9)16)11-4-2-10(7-14)3-5-11/h2-6,8H,1H3,(H,15,16). The first-order valence-corrected chi connectivity index (χ1v) is 4.87. The van der Waals surface area contributed by atoms with Crippen LogP contribution in [0.1, 0.15) is 11.1 Å². The molecule has 1 aromatic carbocycles. The quantitative estimate of drug-likeness (QED) is 0.787. The topological polar surface area (TPSA) is 56.9 Å². The van der Waals surface area contributed by atoms with E-state index >= 15 is 0 Å².